The molecule has 0 radical (unpaired) electrons. The minimum atomic E-state index is -6.29. The third-order valence-electron chi connectivity index (χ3n) is 2.13. The molecule has 148 valence electrons. The van der Waals surface area contributed by atoms with Crippen molar-refractivity contribution in [1.29, 1.82) is 0 Å². The van der Waals surface area contributed by atoms with Crippen LogP contribution in [0.3, 0.4) is 0 Å². The van der Waals surface area contributed by atoms with Crippen molar-refractivity contribution in [1.82, 2.24) is 0 Å². The number of hydrogen-bond acceptors (Lipinski definition) is 1. The lowest BCUT2D eigenvalue weighted by Crippen LogP contribution is -2.29. The maximum Gasteiger partial charge on any atom is 0.423 e. The van der Waals surface area contributed by atoms with Crippen LogP contribution in [0.15, 0.2) is 22.8 Å². The fraction of sp³-hybridized carbons (Fsp3) is 0.600. The average Bonchev–Trinajstić information content (AvgIpc) is 2.19. The molecule has 15 heteroatoms. The van der Waals surface area contributed by atoms with Gasteiger partial charge in [-0.1, -0.05) is 0 Å². The Morgan fingerprint density at radius 3 is 0.840 bits per heavy atom. The van der Waals surface area contributed by atoms with Gasteiger partial charge in [0.1, 0.15) is 11.7 Å². The first-order valence-electron chi connectivity index (χ1n) is 5.43. The summed E-state index contributed by atoms with van der Waals surface area (Å²) < 4.78 is 174. The minimum absolute atomic E-state index is 2.37. The molecule has 0 atom stereocenters. The first kappa shape index (κ1) is 23.5. The average molecular weight is 406 g/mol. The first-order chi connectivity index (χ1) is 10.8. The Labute approximate surface area is 128 Å². The number of halogens is 14. The van der Waals surface area contributed by atoms with Crippen molar-refractivity contribution < 1.29 is 66.2 Å². The van der Waals surface area contributed by atoms with Gasteiger partial charge < -0.3 is 4.74 Å². The summed E-state index contributed by atoms with van der Waals surface area (Å²) in [6.45, 7) is -4.74. The zero-order chi connectivity index (χ0) is 20.4. The largest absolute Gasteiger partial charge is 0.423 e. The molecule has 0 aromatic heterocycles. The van der Waals surface area contributed by atoms with Crippen molar-refractivity contribution in [2.24, 2.45) is 0 Å². The highest BCUT2D eigenvalue weighted by atomic mass is 19.4. The van der Waals surface area contributed by atoms with Crippen LogP contribution in [0, 0.1) is 0 Å². The normalized spacial score (nSPS) is 13.7. The van der Waals surface area contributed by atoms with Gasteiger partial charge in [-0.25, -0.2) is 8.78 Å². The van der Waals surface area contributed by atoms with Crippen LogP contribution in [0.25, 0.3) is 0 Å². The lowest BCUT2D eigenvalue weighted by molar-refractivity contribution is -0.176. The molecule has 0 aliphatic carbocycles. The molecule has 0 amide bonds. The van der Waals surface area contributed by atoms with Crippen LogP contribution in [0.5, 0.6) is 0 Å². The van der Waals surface area contributed by atoms with Crippen LogP contribution in [0.4, 0.5) is 61.5 Å². The summed E-state index contributed by atoms with van der Waals surface area (Å²) in [6.07, 6.45) is -25.2. The fourth-order valence-corrected chi connectivity index (χ4v) is 1.31. The van der Waals surface area contributed by atoms with Crippen LogP contribution >= 0.6 is 0 Å². The molecular formula is C10H4F14O. The number of rotatable bonds is 4. The molecule has 0 aromatic carbocycles. The molecule has 0 N–H and O–H groups in total. The highest BCUT2D eigenvalue weighted by Gasteiger charge is 2.54. The second kappa shape index (κ2) is 7.37. The summed E-state index contributed by atoms with van der Waals surface area (Å²) in [5.74, 6) is -6.21. The second-order valence-corrected chi connectivity index (χ2v) is 4.04. The molecule has 0 aliphatic heterocycles. The highest BCUT2D eigenvalue weighted by molar-refractivity contribution is 5.21. The molecule has 0 bridgehead atoms. The van der Waals surface area contributed by atoms with Crippen molar-refractivity contribution in [3.63, 3.8) is 0 Å². The molecule has 0 saturated carbocycles. The van der Waals surface area contributed by atoms with Gasteiger partial charge in [-0.3, -0.25) is 0 Å². The standard InChI is InChI=1S/C10H4F14O/c11-3(5(7(13,14)15)8(16,17)18)1-25-2-4(12)6(9(19,20)21)10(22,23)24/h1-2H2. The Bertz CT molecular complexity index is 446. The van der Waals surface area contributed by atoms with E-state index >= 15 is 0 Å². The quantitative estimate of drug-likeness (QED) is 0.545. The van der Waals surface area contributed by atoms with E-state index in [9.17, 15) is 61.5 Å². The van der Waals surface area contributed by atoms with Crippen LogP contribution in [0.2, 0.25) is 0 Å². The van der Waals surface area contributed by atoms with Gasteiger partial charge in [-0.15, -0.1) is 0 Å². The summed E-state index contributed by atoms with van der Waals surface area (Å²) in [7, 11) is 0. The van der Waals surface area contributed by atoms with Crippen molar-refractivity contribution in [2.75, 3.05) is 13.2 Å². The lowest BCUT2D eigenvalue weighted by Gasteiger charge is -2.17. The zero-order valence-electron chi connectivity index (χ0n) is 11.1. The molecule has 1 nitrogen and oxygen atoms in total. The summed E-state index contributed by atoms with van der Waals surface area (Å²) >= 11 is 0. The van der Waals surface area contributed by atoms with Crippen molar-refractivity contribution in [2.45, 2.75) is 24.7 Å². The topological polar surface area (TPSA) is 9.23 Å². The zero-order valence-corrected chi connectivity index (χ0v) is 11.1. The Morgan fingerprint density at radius 2 is 0.680 bits per heavy atom. The number of alkyl halides is 12. The molecule has 0 aliphatic rings. The second-order valence-electron chi connectivity index (χ2n) is 4.04. The van der Waals surface area contributed by atoms with Gasteiger partial charge in [0, 0.05) is 0 Å². The summed E-state index contributed by atoms with van der Waals surface area (Å²) in [5, 5.41) is 0. The third-order valence-corrected chi connectivity index (χ3v) is 2.13. The Kier molecular flexibility index (Phi) is 6.92. The summed E-state index contributed by atoms with van der Waals surface area (Å²) in [6, 6.07) is 0. The molecule has 0 unspecified atom stereocenters. The van der Waals surface area contributed by atoms with E-state index in [0.29, 0.717) is 0 Å². The van der Waals surface area contributed by atoms with Gasteiger partial charge in [0.15, 0.2) is 11.1 Å². The predicted molar refractivity (Wildman–Crippen MR) is 51.3 cm³/mol. The predicted octanol–water partition coefficient (Wildman–Crippen LogP) is 5.70. The van der Waals surface area contributed by atoms with Gasteiger partial charge in [-0.05, 0) is 0 Å². The number of allylic oxidation sites excluding steroid dienone is 2. The van der Waals surface area contributed by atoms with Crippen molar-refractivity contribution >= 4 is 0 Å². The summed E-state index contributed by atoms with van der Waals surface area (Å²) in [4.78, 5) is 0. The van der Waals surface area contributed by atoms with Crippen LogP contribution in [0.1, 0.15) is 0 Å². The van der Waals surface area contributed by atoms with E-state index < -0.39 is 60.7 Å². The Balaban J connectivity index is 5.46. The van der Waals surface area contributed by atoms with Crippen LogP contribution < -0.4 is 0 Å². The molecule has 25 heavy (non-hydrogen) atoms. The van der Waals surface area contributed by atoms with E-state index in [0.717, 1.165) is 0 Å². The van der Waals surface area contributed by atoms with Crippen molar-refractivity contribution in [3.8, 4) is 0 Å². The van der Waals surface area contributed by atoms with Gasteiger partial charge in [0.2, 0.25) is 0 Å². The monoisotopic (exact) mass is 406 g/mol. The fourth-order valence-electron chi connectivity index (χ4n) is 1.31. The molecule has 0 spiro atoms. The molecule has 0 rings (SSSR count). The van der Waals surface area contributed by atoms with E-state index in [1.165, 1.54) is 0 Å². The molecule has 0 fully saturated rings. The first-order valence-corrected chi connectivity index (χ1v) is 5.43. The highest BCUT2D eigenvalue weighted by Crippen LogP contribution is 2.42. The van der Waals surface area contributed by atoms with E-state index in [-0.39, 0.29) is 0 Å². The maximum atomic E-state index is 12.9. The van der Waals surface area contributed by atoms with Crippen LogP contribution in [-0.4, -0.2) is 37.9 Å². The van der Waals surface area contributed by atoms with Crippen LogP contribution in [-0.2, 0) is 4.74 Å². The van der Waals surface area contributed by atoms with E-state index in [1.54, 1.807) is 0 Å². The molecule has 0 saturated heterocycles. The van der Waals surface area contributed by atoms with Gasteiger partial charge in [-0.2, -0.15) is 52.7 Å². The van der Waals surface area contributed by atoms with Gasteiger partial charge in [0.25, 0.3) is 0 Å². The van der Waals surface area contributed by atoms with Gasteiger partial charge >= 0.3 is 24.7 Å². The Morgan fingerprint density at radius 1 is 0.480 bits per heavy atom. The molecule has 0 heterocycles. The van der Waals surface area contributed by atoms with E-state index in [2.05, 4.69) is 4.74 Å². The molecule has 0 aromatic rings. The van der Waals surface area contributed by atoms with Gasteiger partial charge in [0.05, 0.1) is 13.2 Å². The smallest absolute Gasteiger partial charge is 0.367 e. The number of ether oxygens (including phenoxy) is 1. The maximum absolute atomic E-state index is 12.9. The van der Waals surface area contributed by atoms with E-state index in [1.807, 2.05) is 0 Å². The lowest BCUT2D eigenvalue weighted by atomic mass is 10.2. The number of hydrogen-bond donors (Lipinski definition) is 0. The molecular weight excluding hydrogens is 402 g/mol. The Hall–Kier alpha value is -1.54. The SMILES string of the molecule is FC(COCC(F)=C(C(F)(F)F)C(F)(F)F)=C(C(F)(F)F)C(F)(F)F. The van der Waals surface area contributed by atoms with Crippen molar-refractivity contribution in [3.05, 3.63) is 22.8 Å². The van der Waals surface area contributed by atoms with E-state index in [4.69, 9.17) is 0 Å². The third kappa shape index (κ3) is 7.07. The summed E-state index contributed by atoms with van der Waals surface area (Å²) in [5.41, 5.74) is -7.45. The minimum Gasteiger partial charge on any atom is -0.367 e.